The van der Waals surface area contributed by atoms with Crippen LogP contribution >= 0.6 is 0 Å². The minimum atomic E-state index is -1.18. The second kappa shape index (κ2) is 3.80. The molecule has 1 rings (SSSR count). The van der Waals surface area contributed by atoms with E-state index in [4.69, 9.17) is 10.5 Å². The molecule has 2 atom stereocenters. The van der Waals surface area contributed by atoms with Crippen LogP contribution in [0.4, 0.5) is 0 Å². The van der Waals surface area contributed by atoms with Crippen LogP contribution in [0, 0.1) is 5.92 Å². The first kappa shape index (κ1) is 10.7. The number of rotatable bonds is 2. The summed E-state index contributed by atoms with van der Waals surface area (Å²) >= 11 is 0. The number of ether oxygens (including phenoxy) is 1. The van der Waals surface area contributed by atoms with Gasteiger partial charge in [0.25, 0.3) is 0 Å². The predicted molar refractivity (Wildman–Crippen MR) is 55.2 cm³/mol. The van der Waals surface area contributed by atoms with Crippen molar-refractivity contribution in [2.45, 2.75) is 38.1 Å². The zero-order valence-electron chi connectivity index (χ0n) is 8.67. The molecule has 0 spiro atoms. The molecule has 0 aliphatic carbocycles. The van der Waals surface area contributed by atoms with E-state index < -0.39 is 8.07 Å². The summed E-state index contributed by atoms with van der Waals surface area (Å²) in [6, 6.07) is 2.09. The summed E-state index contributed by atoms with van der Waals surface area (Å²) in [5.74, 6) is -0.116. The molecule has 76 valence electrons. The molecule has 0 saturated carbocycles. The molecule has 1 aliphatic heterocycles. The van der Waals surface area contributed by atoms with Crippen molar-refractivity contribution >= 4 is 14.0 Å². The average Bonchev–Trinajstić information content (AvgIpc) is 2.25. The Morgan fingerprint density at radius 1 is 1.54 bits per heavy atom. The van der Waals surface area contributed by atoms with Crippen molar-refractivity contribution in [3.05, 3.63) is 0 Å². The quantitative estimate of drug-likeness (QED) is 0.540. The Bertz CT molecular complexity index is 206. The number of carbonyl (C=O) groups is 1. The van der Waals surface area contributed by atoms with Gasteiger partial charge in [0.15, 0.2) is 0 Å². The molecule has 3 nitrogen and oxygen atoms in total. The molecule has 1 heterocycles. The van der Waals surface area contributed by atoms with Gasteiger partial charge in [0.2, 0.25) is 0 Å². The molecule has 1 saturated heterocycles. The second-order valence-corrected chi connectivity index (χ2v) is 9.74. The topological polar surface area (TPSA) is 52.3 Å². The van der Waals surface area contributed by atoms with Crippen molar-refractivity contribution in [2.75, 3.05) is 6.61 Å². The van der Waals surface area contributed by atoms with Gasteiger partial charge in [0.05, 0.1) is 12.5 Å². The van der Waals surface area contributed by atoms with Crippen LogP contribution in [0.15, 0.2) is 0 Å². The highest BCUT2D eigenvalue weighted by Gasteiger charge is 2.42. The van der Waals surface area contributed by atoms with Crippen LogP contribution < -0.4 is 5.73 Å². The van der Waals surface area contributed by atoms with Gasteiger partial charge < -0.3 is 10.5 Å². The van der Waals surface area contributed by atoms with Gasteiger partial charge in [0, 0.05) is 14.1 Å². The molecular formula is C9H19NO2Si. The molecular weight excluding hydrogens is 182 g/mol. The molecule has 0 aromatic rings. The van der Waals surface area contributed by atoms with Crippen LogP contribution in [0.1, 0.15) is 6.92 Å². The number of carbonyl (C=O) groups excluding carboxylic acids is 1. The second-order valence-electron chi connectivity index (χ2n) is 4.59. The fraction of sp³-hybridized carbons (Fsp3) is 0.889. The zero-order valence-corrected chi connectivity index (χ0v) is 9.67. The molecule has 0 bridgehead atoms. The highest BCUT2D eigenvalue weighted by molar-refractivity contribution is 6.78. The Morgan fingerprint density at radius 3 is 2.54 bits per heavy atom. The molecule has 0 unspecified atom stereocenters. The van der Waals surface area contributed by atoms with E-state index >= 15 is 0 Å². The average molecular weight is 201 g/mol. The summed E-state index contributed by atoms with van der Waals surface area (Å²) in [5.41, 5.74) is 5.92. The Morgan fingerprint density at radius 2 is 2.15 bits per heavy atom. The Labute approximate surface area is 80.6 Å². The molecule has 0 aromatic heterocycles. The number of nitrogens with two attached hydrogens (primary N) is 1. The largest absolute Gasteiger partial charge is 0.466 e. The summed E-state index contributed by atoms with van der Waals surface area (Å²) in [7, 11) is -1.18. The molecule has 1 aliphatic rings. The van der Waals surface area contributed by atoms with Gasteiger partial charge in [-0.05, 0) is 19.0 Å². The lowest BCUT2D eigenvalue weighted by atomic mass is 10.1. The Hall–Kier alpha value is -0.353. The van der Waals surface area contributed by atoms with Gasteiger partial charge in [-0.1, -0.05) is 13.1 Å². The molecule has 13 heavy (non-hydrogen) atoms. The standard InChI is InChI=1S/C9H19NO2Si/c1-4-12-9(11)7-5-13(2,3)6-8(7)10/h7-8H,4-6,10H2,1-3H3/t7-,8-/m0/s1. The first-order valence-corrected chi connectivity index (χ1v) is 8.30. The van der Waals surface area contributed by atoms with Crippen LogP contribution in [0.3, 0.4) is 0 Å². The van der Waals surface area contributed by atoms with Gasteiger partial charge in [-0.15, -0.1) is 0 Å². The summed E-state index contributed by atoms with van der Waals surface area (Å²) < 4.78 is 4.99. The molecule has 0 aromatic carbocycles. The van der Waals surface area contributed by atoms with E-state index in [0.717, 1.165) is 12.1 Å². The predicted octanol–water partition coefficient (Wildman–Crippen LogP) is 1.21. The van der Waals surface area contributed by atoms with Gasteiger partial charge in [-0.25, -0.2) is 0 Å². The van der Waals surface area contributed by atoms with E-state index in [1.54, 1.807) is 0 Å². The highest BCUT2D eigenvalue weighted by atomic mass is 28.3. The fourth-order valence-electron chi connectivity index (χ4n) is 2.12. The number of hydrogen-bond donors (Lipinski definition) is 1. The van der Waals surface area contributed by atoms with Crippen molar-refractivity contribution in [3.8, 4) is 0 Å². The van der Waals surface area contributed by atoms with E-state index in [1.165, 1.54) is 0 Å². The lowest BCUT2D eigenvalue weighted by Gasteiger charge is -2.13. The number of hydrogen-bond acceptors (Lipinski definition) is 3. The summed E-state index contributed by atoms with van der Waals surface area (Å²) in [6.07, 6.45) is 0. The SMILES string of the molecule is CCOC(=O)[C@H]1C[Si](C)(C)C[C@@H]1N. The van der Waals surface area contributed by atoms with Crippen LogP contribution in [0.2, 0.25) is 25.2 Å². The minimum Gasteiger partial charge on any atom is -0.466 e. The van der Waals surface area contributed by atoms with Crippen molar-refractivity contribution in [1.82, 2.24) is 0 Å². The monoisotopic (exact) mass is 201 g/mol. The summed E-state index contributed by atoms with van der Waals surface area (Å²) in [4.78, 5) is 11.5. The van der Waals surface area contributed by atoms with E-state index in [1.807, 2.05) is 6.92 Å². The highest BCUT2D eigenvalue weighted by Crippen LogP contribution is 2.34. The van der Waals surface area contributed by atoms with Crippen molar-refractivity contribution in [1.29, 1.82) is 0 Å². The van der Waals surface area contributed by atoms with E-state index in [2.05, 4.69) is 13.1 Å². The van der Waals surface area contributed by atoms with Gasteiger partial charge >= 0.3 is 5.97 Å². The molecule has 0 amide bonds. The van der Waals surface area contributed by atoms with Gasteiger partial charge in [-0.3, -0.25) is 4.79 Å². The molecule has 2 N–H and O–H groups in total. The molecule has 1 fully saturated rings. The minimum absolute atomic E-state index is 0.0263. The van der Waals surface area contributed by atoms with Crippen LogP contribution in [0.5, 0.6) is 0 Å². The molecule has 0 radical (unpaired) electrons. The lowest BCUT2D eigenvalue weighted by Crippen LogP contribution is -2.31. The van der Waals surface area contributed by atoms with Crippen molar-refractivity contribution in [3.63, 3.8) is 0 Å². The number of esters is 1. The van der Waals surface area contributed by atoms with Crippen molar-refractivity contribution in [2.24, 2.45) is 11.7 Å². The third-order valence-corrected chi connectivity index (χ3v) is 5.79. The Kier molecular flexibility index (Phi) is 3.13. The Balaban J connectivity index is 2.57. The third-order valence-electron chi connectivity index (χ3n) is 2.67. The first-order valence-electron chi connectivity index (χ1n) is 4.88. The lowest BCUT2D eigenvalue weighted by molar-refractivity contribution is -0.147. The van der Waals surface area contributed by atoms with E-state index in [-0.39, 0.29) is 17.9 Å². The first-order chi connectivity index (χ1) is 5.96. The normalized spacial score (nSPS) is 31.7. The van der Waals surface area contributed by atoms with Crippen LogP contribution in [-0.2, 0) is 9.53 Å². The van der Waals surface area contributed by atoms with Crippen molar-refractivity contribution < 1.29 is 9.53 Å². The zero-order chi connectivity index (χ0) is 10.1. The summed E-state index contributed by atoms with van der Waals surface area (Å²) in [5, 5.41) is 0. The molecule has 4 heteroatoms. The maximum absolute atomic E-state index is 11.5. The summed E-state index contributed by atoms with van der Waals surface area (Å²) in [6.45, 7) is 6.86. The van der Waals surface area contributed by atoms with E-state index in [9.17, 15) is 4.79 Å². The van der Waals surface area contributed by atoms with Gasteiger partial charge in [-0.2, -0.15) is 0 Å². The van der Waals surface area contributed by atoms with Crippen LogP contribution in [-0.4, -0.2) is 26.7 Å². The maximum Gasteiger partial charge on any atom is 0.310 e. The third kappa shape index (κ3) is 2.54. The van der Waals surface area contributed by atoms with Gasteiger partial charge in [0.1, 0.15) is 0 Å². The maximum atomic E-state index is 11.5. The van der Waals surface area contributed by atoms with Crippen LogP contribution in [0.25, 0.3) is 0 Å². The smallest absolute Gasteiger partial charge is 0.310 e. The van der Waals surface area contributed by atoms with E-state index in [0.29, 0.717) is 6.61 Å². The fourth-order valence-corrected chi connectivity index (χ4v) is 5.51.